The molecule has 0 saturated carbocycles. The van der Waals surface area contributed by atoms with Crippen molar-refractivity contribution in [2.75, 3.05) is 34.3 Å². The van der Waals surface area contributed by atoms with Crippen LogP contribution in [0.4, 0.5) is 0 Å². The predicted molar refractivity (Wildman–Crippen MR) is 104 cm³/mol. The first-order valence-corrected chi connectivity index (χ1v) is 10.3. The standard InChI is InChI=1S/C21H41NO4/c1-22(2,3)19-20(18-21(24)25)26-17-15-13-11-9-7-5-4-6-8-10-12-14-16-23/h15,17,20,23H,4-14,16,18-19H2,1-3H3. The first kappa shape index (κ1) is 24.9. The van der Waals surface area contributed by atoms with Crippen LogP contribution in [0.15, 0.2) is 12.3 Å². The highest BCUT2D eigenvalue weighted by Gasteiger charge is 2.18. The quantitative estimate of drug-likeness (QED) is 0.228. The minimum absolute atomic E-state index is 0.0696. The maximum absolute atomic E-state index is 10.8. The van der Waals surface area contributed by atoms with Crippen LogP contribution in [0.1, 0.15) is 77.0 Å². The molecule has 0 spiro atoms. The summed E-state index contributed by atoms with van der Waals surface area (Å²) in [5.74, 6) is -1.06. The highest BCUT2D eigenvalue weighted by atomic mass is 16.5. The fraction of sp³-hybridized carbons (Fsp3) is 0.857. The summed E-state index contributed by atoms with van der Waals surface area (Å²) in [4.78, 5) is 10.8. The SMILES string of the molecule is C[N+](C)(C)CC(CC(=O)[O-])OC=CCCCCCCCCCCCCO. The number of carbonyl (C=O) groups excluding carboxylic acids is 1. The van der Waals surface area contributed by atoms with Crippen LogP contribution in [0.5, 0.6) is 0 Å². The first-order valence-electron chi connectivity index (χ1n) is 10.3. The molecule has 0 heterocycles. The number of quaternary nitrogens is 1. The maximum Gasteiger partial charge on any atom is 0.152 e. The summed E-state index contributed by atoms with van der Waals surface area (Å²) < 4.78 is 6.26. The van der Waals surface area contributed by atoms with Gasteiger partial charge in [0.1, 0.15) is 6.54 Å². The van der Waals surface area contributed by atoms with Gasteiger partial charge in [0.05, 0.1) is 27.4 Å². The molecule has 0 rings (SSSR count). The number of allylic oxidation sites excluding steroid dienone is 1. The number of hydrogen-bond donors (Lipinski definition) is 1. The van der Waals surface area contributed by atoms with Crippen LogP contribution in [0, 0.1) is 0 Å². The zero-order chi connectivity index (χ0) is 19.7. The van der Waals surface area contributed by atoms with E-state index in [-0.39, 0.29) is 12.5 Å². The van der Waals surface area contributed by atoms with Gasteiger partial charge in [-0.3, -0.25) is 0 Å². The van der Waals surface area contributed by atoms with Crippen molar-refractivity contribution in [1.82, 2.24) is 0 Å². The summed E-state index contributed by atoms with van der Waals surface area (Å²) in [6.07, 6.45) is 16.5. The Labute approximate surface area is 160 Å². The smallest absolute Gasteiger partial charge is 0.152 e. The van der Waals surface area contributed by atoms with Crippen LogP contribution in [-0.2, 0) is 9.53 Å². The number of carbonyl (C=O) groups is 1. The lowest BCUT2D eigenvalue weighted by molar-refractivity contribution is -0.873. The third-order valence-corrected chi connectivity index (χ3v) is 4.29. The van der Waals surface area contributed by atoms with Gasteiger partial charge in [-0.2, -0.15) is 0 Å². The summed E-state index contributed by atoms with van der Waals surface area (Å²) >= 11 is 0. The van der Waals surface area contributed by atoms with E-state index in [0.29, 0.717) is 17.6 Å². The number of ether oxygens (including phenoxy) is 1. The van der Waals surface area contributed by atoms with Crippen LogP contribution < -0.4 is 5.11 Å². The minimum Gasteiger partial charge on any atom is -0.550 e. The largest absolute Gasteiger partial charge is 0.550 e. The Bertz CT molecular complexity index is 364. The van der Waals surface area contributed by atoms with Crippen molar-refractivity contribution in [3.8, 4) is 0 Å². The van der Waals surface area contributed by atoms with E-state index in [1.807, 2.05) is 27.2 Å². The summed E-state index contributed by atoms with van der Waals surface area (Å²) in [6.45, 7) is 0.963. The van der Waals surface area contributed by atoms with Gasteiger partial charge in [-0.1, -0.05) is 51.4 Å². The first-order chi connectivity index (χ1) is 12.3. The molecule has 1 N–H and O–H groups in total. The van der Waals surface area contributed by atoms with Gasteiger partial charge in [0, 0.05) is 19.0 Å². The monoisotopic (exact) mass is 371 g/mol. The molecule has 0 bridgehead atoms. The molecule has 0 aromatic rings. The summed E-state index contributed by atoms with van der Waals surface area (Å²) in [5.41, 5.74) is 0. The molecule has 0 saturated heterocycles. The molecule has 1 atom stereocenters. The van der Waals surface area contributed by atoms with Gasteiger partial charge < -0.3 is 24.2 Å². The van der Waals surface area contributed by atoms with Crippen LogP contribution in [-0.4, -0.2) is 56.0 Å². The lowest BCUT2D eigenvalue weighted by Gasteiger charge is -2.28. The Morgan fingerprint density at radius 3 is 1.92 bits per heavy atom. The lowest BCUT2D eigenvalue weighted by Crippen LogP contribution is -2.44. The molecule has 0 aliphatic heterocycles. The van der Waals surface area contributed by atoms with E-state index in [0.717, 1.165) is 25.7 Å². The van der Waals surface area contributed by atoms with Gasteiger partial charge in [-0.15, -0.1) is 0 Å². The van der Waals surface area contributed by atoms with E-state index in [1.165, 1.54) is 44.9 Å². The number of unbranched alkanes of at least 4 members (excludes halogenated alkanes) is 10. The van der Waals surface area contributed by atoms with Crippen molar-refractivity contribution in [3.63, 3.8) is 0 Å². The Morgan fingerprint density at radius 1 is 0.962 bits per heavy atom. The van der Waals surface area contributed by atoms with Crippen molar-refractivity contribution in [3.05, 3.63) is 12.3 Å². The second-order valence-electron chi connectivity index (χ2n) is 8.23. The highest BCUT2D eigenvalue weighted by Crippen LogP contribution is 2.12. The molecule has 5 nitrogen and oxygen atoms in total. The summed E-state index contributed by atoms with van der Waals surface area (Å²) in [6, 6.07) is 0. The number of hydrogen-bond acceptors (Lipinski definition) is 4. The average Bonchev–Trinajstić information content (AvgIpc) is 2.53. The number of aliphatic carboxylic acids is 1. The Hall–Kier alpha value is -1.07. The Balaban J connectivity index is 3.59. The van der Waals surface area contributed by atoms with E-state index < -0.39 is 5.97 Å². The van der Waals surface area contributed by atoms with E-state index in [4.69, 9.17) is 9.84 Å². The number of likely N-dealkylation sites (N-methyl/N-ethyl adjacent to an activating group) is 1. The topological polar surface area (TPSA) is 69.6 Å². The molecule has 0 aliphatic carbocycles. The fourth-order valence-electron chi connectivity index (χ4n) is 2.98. The molecule has 0 amide bonds. The number of carboxylic acids is 1. The van der Waals surface area contributed by atoms with Crippen molar-refractivity contribution >= 4 is 5.97 Å². The average molecular weight is 372 g/mol. The van der Waals surface area contributed by atoms with Gasteiger partial charge in [0.15, 0.2) is 6.10 Å². The molecule has 0 aromatic heterocycles. The zero-order valence-electron chi connectivity index (χ0n) is 17.3. The second-order valence-corrected chi connectivity index (χ2v) is 8.23. The van der Waals surface area contributed by atoms with Gasteiger partial charge in [0.25, 0.3) is 0 Å². The maximum atomic E-state index is 10.8. The molecule has 0 aliphatic rings. The van der Waals surface area contributed by atoms with Gasteiger partial charge in [-0.25, -0.2) is 0 Å². The molecular weight excluding hydrogens is 330 g/mol. The molecule has 1 unspecified atom stereocenters. The molecular formula is C21H41NO4. The number of aliphatic hydroxyl groups is 1. The summed E-state index contributed by atoms with van der Waals surface area (Å²) in [7, 11) is 6.05. The van der Waals surface area contributed by atoms with Crippen molar-refractivity contribution in [2.24, 2.45) is 0 Å². The van der Waals surface area contributed by atoms with Crippen molar-refractivity contribution in [2.45, 2.75) is 83.2 Å². The van der Waals surface area contributed by atoms with Crippen molar-refractivity contribution in [1.29, 1.82) is 0 Å². The number of rotatable bonds is 18. The Morgan fingerprint density at radius 2 is 1.46 bits per heavy atom. The van der Waals surface area contributed by atoms with E-state index in [2.05, 4.69) is 0 Å². The molecule has 0 radical (unpaired) electrons. The fourth-order valence-corrected chi connectivity index (χ4v) is 2.98. The second kappa shape index (κ2) is 16.1. The Kier molecular flexibility index (Phi) is 15.5. The lowest BCUT2D eigenvalue weighted by atomic mass is 10.1. The van der Waals surface area contributed by atoms with Gasteiger partial charge in [0.2, 0.25) is 0 Å². The van der Waals surface area contributed by atoms with E-state index in [1.54, 1.807) is 6.26 Å². The highest BCUT2D eigenvalue weighted by molar-refractivity contribution is 5.64. The molecule has 0 fully saturated rings. The third kappa shape index (κ3) is 19.3. The van der Waals surface area contributed by atoms with Crippen LogP contribution in [0.25, 0.3) is 0 Å². The number of aliphatic hydroxyl groups excluding tert-OH is 1. The molecule has 26 heavy (non-hydrogen) atoms. The van der Waals surface area contributed by atoms with Gasteiger partial charge in [-0.05, 0) is 25.3 Å². The van der Waals surface area contributed by atoms with E-state index in [9.17, 15) is 9.90 Å². The molecule has 0 aromatic carbocycles. The van der Waals surface area contributed by atoms with Gasteiger partial charge >= 0.3 is 0 Å². The molecule has 5 heteroatoms. The molecule has 154 valence electrons. The van der Waals surface area contributed by atoms with Crippen LogP contribution in [0.2, 0.25) is 0 Å². The minimum atomic E-state index is -1.06. The van der Waals surface area contributed by atoms with Crippen LogP contribution in [0.3, 0.4) is 0 Å². The number of nitrogens with zero attached hydrogens (tertiary/aromatic N) is 1. The third-order valence-electron chi connectivity index (χ3n) is 4.29. The van der Waals surface area contributed by atoms with E-state index >= 15 is 0 Å². The predicted octanol–water partition coefficient (Wildman–Crippen LogP) is 3.01. The summed E-state index contributed by atoms with van der Waals surface area (Å²) in [5, 5.41) is 19.5. The normalized spacial score (nSPS) is 13.2. The van der Waals surface area contributed by atoms with Crippen LogP contribution >= 0.6 is 0 Å². The zero-order valence-corrected chi connectivity index (χ0v) is 17.3. The van der Waals surface area contributed by atoms with Crippen molar-refractivity contribution < 1.29 is 24.2 Å². The number of carboxylic acid groups (broad SMARTS) is 1.